The lowest BCUT2D eigenvalue weighted by atomic mass is 10.0. The summed E-state index contributed by atoms with van der Waals surface area (Å²) in [6.07, 6.45) is 2.78. The van der Waals surface area contributed by atoms with E-state index in [2.05, 4.69) is 10.4 Å². The molecule has 23 heavy (non-hydrogen) atoms. The first kappa shape index (κ1) is 17.5. The van der Waals surface area contributed by atoms with Gasteiger partial charge >= 0.3 is 5.97 Å². The van der Waals surface area contributed by atoms with Crippen molar-refractivity contribution in [2.24, 2.45) is 7.05 Å². The molecule has 0 atom stereocenters. The van der Waals surface area contributed by atoms with Crippen molar-refractivity contribution in [1.29, 1.82) is 0 Å². The Morgan fingerprint density at radius 1 is 1.30 bits per heavy atom. The molecule has 128 valence electrons. The number of nitrogens with one attached hydrogen (secondary N) is 1. The fourth-order valence-corrected chi connectivity index (χ4v) is 3.14. The van der Waals surface area contributed by atoms with Crippen molar-refractivity contribution in [1.82, 2.24) is 20.0 Å². The van der Waals surface area contributed by atoms with Gasteiger partial charge in [-0.15, -0.1) is 0 Å². The predicted octanol–water partition coefficient (Wildman–Crippen LogP) is 0.635. The van der Waals surface area contributed by atoms with E-state index in [9.17, 15) is 9.59 Å². The minimum Gasteiger partial charge on any atom is -0.480 e. The summed E-state index contributed by atoms with van der Waals surface area (Å²) in [5.41, 5.74) is 3.25. The second-order valence-corrected chi connectivity index (χ2v) is 6.28. The third-order valence-corrected chi connectivity index (χ3v) is 4.57. The smallest absolute Gasteiger partial charge is 0.317 e. The van der Waals surface area contributed by atoms with E-state index < -0.39 is 5.97 Å². The minimum absolute atomic E-state index is 0.0596. The van der Waals surface area contributed by atoms with Crippen molar-refractivity contribution >= 4 is 11.9 Å². The normalized spacial score (nSPS) is 16.5. The van der Waals surface area contributed by atoms with Gasteiger partial charge in [0.15, 0.2) is 0 Å². The number of rotatable bonds is 6. The summed E-state index contributed by atoms with van der Waals surface area (Å²) in [6, 6.07) is 0.156. The monoisotopic (exact) mass is 322 g/mol. The Balaban J connectivity index is 1.74. The van der Waals surface area contributed by atoms with Crippen LogP contribution in [0.3, 0.4) is 0 Å². The first-order valence-corrected chi connectivity index (χ1v) is 8.09. The molecule has 7 nitrogen and oxygen atoms in total. The SMILES string of the molecule is Cc1nn(C)c(C)c1CCC(=O)NC1CCN(CC(=O)O)CC1. The van der Waals surface area contributed by atoms with Gasteiger partial charge in [-0.05, 0) is 38.7 Å². The van der Waals surface area contributed by atoms with Crippen LogP contribution in [0.15, 0.2) is 0 Å². The lowest BCUT2D eigenvalue weighted by molar-refractivity contribution is -0.138. The van der Waals surface area contributed by atoms with Crippen LogP contribution in [0.5, 0.6) is 0 Å². The quantitative estimate of drug-likeness (QED) is 0.802. The van der Waals surface area contributed by atoms with Crippen molar-refractivity contribution < 1.29 is 14.7 Å². The van der Waals surface area contributed by atoms with Crippen LogP contribution in [-0.2, 0) is 23.1 Å². The number of carboxylic acid groups (broad SMARTS) is 1. The Kier molecular flexibility index (Phi) is 5.76. The van der Waals surface area contributed by atoms with E-state index in [0.29, 0.717) is 12.8 Å². The standard InChI is InChI=1S/C16H26N4O3/c1-11-14(12(2)19(3)18-11)4-5-15(21)17-13-6-8-20(9-7-13)10-16(22)23/h13H,4-10H2,1-3H3,(H,17,21)(H,22,23). The van der Waals surface area contributed by atoms with Gasteiger partial charge in [0.25, 0.3) is 0 Å². The van der Waals surface area contributed by atoms with Crippen LogP contribution in [0.4, 0.5) is 0 Å². The molecule has 1 saturated heterocycles. The second kappa shape index (κ2) is 7.59. The lowest BCUT2D eigenvalue weighted by Crippen LogP contribution is -2.45. The number of aliphatic carboxylic acids is 1. The number of hydrogen-bond acceptors (Lipinski definition) is 4. The van der Waals surface area contributed by atoms with Gasteiger partial charge in [0.2, 0.25) is 5.91 Å². The molecule has 1 amide bonds. The van der Waals surface area contributed by atoms with Gasteiger partial charge in [0, 0.05) is 38.3 Å². The molecule has 1 aliphatic heterocycles. The molecule has 1 aromatic heterocycles. The number of aryl methyl sites for hydroxylation is 2. The lowest BCUT2D eigenvalue weighted by Gasteiger charge is -2.31. The third kappa shape index (κ3) is 4.79. The Hall–Kier alpha value is -1.89. The highest BCUT2D eigenvalue weighted by Crippen LogP contribution is 2.15. The number of piperidine rings is 1. The number of carbonyl (C=O) groups excluding carboxylic acids is 1. The maximum atomic E-state index is 12.1. The molecule has 7 heteroatoms. The predicted molar refractivity (Wildman–Crippen MR) is 86.2 cm³/mol. The van der Waals surface area contributed by atoms with E-state index >= 15 is 0 Å². The minimum atomic E-state index is -0.797. The fourth-order valence-electron chi connectivity index (χ4n) is 3.14. The van der Waals surface area contributed by atoms with E-state index in [1.165, 1.54) is 0 Å². The molecule has 1 fully saturated rings. The van der Waals surface area contributed by atoms with Crippen molar-refractivity contribution in [2.75, 3.05) is 19.6 Å². The van der Waals surface area contributed by atoms with Gasteiger partial charge < -0.3 is 10.4 Å². The molecule has 0 radical (unpaired) electrons. The second-order valence-electron chi connectivity index (χ2n) is 6.28. The Morgan fingerprint density at radius 2 is 1.96 bits per heavy atom. The van der Waals surface area contributed by atoms with Gasteiger partial charge in [-0.3, -0.25) is 19.2 Å². The van der Waals surface area contributed by atoms with Gasteiger partial charge in [0.1, 0.15) is 0 Å². The van der Waals surface area contributed by atoms with Crippen LogP contribution in [0.1, 0.15) is 36.2 Å². The molecule has 0 spiro atoms. The summed E-state index contributed by atoms with van der Waals surface area (Å²) < 4.78 is 1.85. The van der Waals surface area contributed by atoms with E-state index in [-0.39, 0.29) is 18.5 Å². The average molecular weight is 322 g/mol. The summed E-state index contributed by atoms with van der Waals surface area (Å²) in [7, 11) is 1.91. The van der Waals surface area contributed by atoms with E-state index in [1.54, 1.807) is 0 Å². The largest absolute Gasteiger partial charge is 0.480 e. The molecule has 2 rings (SSSR count). The molecular formula is C16H26N4O3. The number of nitrogens with zero attached hydrogens (tertiary/aromatic N) is 3. The summed E-state index contributed by atoms with van der Waals surface area (Å²) in [5, 5.41) is 16.2. The van der Waals surface area contributed by atoms with Crippen molar-refractivity contribution in [2.45, 2.75) is 45.6 Å². The van der Waals surface area contributed by atoms with Crippen LogP contribution < -0.4 is 5.32 Å². The summed E-state index contributed by atoms with van der Waals surface area (Å²) in [4.78, 5) is 24.7. The number of hydrogen-bond donors (Lipinski definition) is 2. The van der Waals surface area contributed by atoms with Crippen molar-refractivity contribution in [3.05, 3.63) is 17.0 Å². The zero-order valence-electron chi connectivity index (χ0n) is 14.1. The van der Waals surface area contributed by atoms with Crippen LogP contribution in [-0.4, -0.2) is 57.3 Å². The summed E-state index contributed by atoms with van der Waals surface area (Å²) >= 11 is 0. The van der Waals surface area contributed by atoms with E-state index in [1.807, 2.05) is 30.5 Å². The maximum Gasteiger partial charge on any atom is 0.317 e. The van der Waals surface area contributed by atoms with E-state index in [4.69, 9.17) is 5.11 Å². The number of aromatic nitrogens is 2. The zero-order valence-corrected chi connectivity index (χ0v) is 14.1. The van der Waals surface area contributed by atoms with Crippen molar-refractivity contribution in [3.8, 4) is 0 Å². The molecule has 0 bridgehead atoms. The Bertz CT molecular complexity index is 574. The van der Waals surface area contributed by atoms with E-state index in [0.717, 1.165) is 42.9 Å². The first-order valence-electron chi connectivity index (χ1n) is 8.09. The number of carboxylic acids is 1. The van der Waals surface area contributed by atoms with Crippen LogP contribution in [0.25, 0.3) is 0 Å². The summed E-state index contributed by atoms with van der Waals surface area (Å²) in [5.74, 6) is -0.737. The molecule has 1 aromatic rings. The first-order chi connectivity index (χ1) is 10.9. The zero-order chi connectivity index (χ0) is 17.0. The molecule has 0 unspecified atom stereocenters. The van der Waals surface area contributed by atoms with Gasteiger partial charge in [-0.25, -0.2) is 0 Å². The molecule has 2 N–H and O–H groups in total. The highest BCUT2D eigenvalue weighted by molar-refractivity contribution is 5.76. The number of carbonyl (C=O) groups is 2. The molecule has 1 aliphatic rings. The van der Waals surface area contributed by atoms with Gasteiger partial charge in [-0.1, -0.05) is 0 Å². The average Bonchev–Trinajstić information content (AvgIpc) is 2.72. The third-order valence-electron chi connectivity index (χ3n) is 4.57. The van der Waals surface area contributed by atoms with Crippen molar-refractivity contribution in [3.63, 3.8) is 0 Å². The maximum absolute atomic E-state index is 12.1. The van der Waals surface area contributed by atoms with Crippen LogP contribution >= 0.6 is 0 Å². The van der Waals surface area contributed by atoms with Crippen LogP contribution in [0.2, 0.25) is 0 Å². The molecule has 0 aromatic carbocycles. The van der Waals surface area contributed by atoms with Gasteiger partial charge in [0.05, 0.1) is 12.2 Å². The molecule has 0 saturated carbocycles. The molecular weight excluding hydrogens is 296 g/mol. The van der Waals surface area contributed by atoms with Gasteiger partial charge in [-0.2, -0.15) is 5.10 Å². The van der Waals surface area contributed by atoms with Crippen LogP contribution in [0, 0.1) is 13.8 Å². The highest BCUT2D eigenvalue weighted by Gasteiger charge is 2.22. The topological polar surface area (TPSA) is 87.5 Å². The summed E-state index contributed by atoms with van der Waals surface area (Å²) in [6.45, 7) is 5.51. The molecule has 0 aliphatic carbocycles. The molecule has 2 heterocycles. The highest BCUT2D eigenvalue weighted by atomic mass is 16.4. The Labute approximate surface area is 136 Å². The number of amides is 1. The Morgan fingerprint density at radius 3 is 2.48 bits per heavy atom. The fraction of sp³-hybridized carbons (Fsp3) is 0.688. The number of likely N-dealkylation sites (tertiary alicyclic amines) is 1.